The summed E-state index contributed by atoms with van der Waals surface area (Å²) in [6.45, 7) is 4.58. The van der Waals surface area contributed by atoms with Gasteiger partial charge in [-0.2, -0.15) is 20.0 Å². The van der Waals surface area contributed by atoms with E-state index in [4.69, 9.17) is 16.0 Å². The number of aromatic nitrogens is 4. The number of anilines is 1. The lowest BCUT2D eigenvalue weighted by molar-refractivity contribution is 0.0766. The molecule has 1 amide bonds. The zero-order chi connectivity index (χ0) is 21.4. The molecule has 0 radical (unpaired) electrons. The van der Waals surface area contributed by atoms with Gasteiger partial charge in [-0.25, -0.2) is 0 Å². The number of rotatable bonds is 3. The van der Waals surface area contributed by atoms with Crippen molar-refractivity contribution < 1.29 is 9.21 Å². The molecular weight excluding hydrogens is 416 g/mol. The summed E-state index contributed by atoms with van der Waals surface area (Å²) in [6.07, 6.45) is 4.02. The average Bonchev–Trinajstić information content (AvgIpc) is 3.37. The number of aryl methyl sites for hydroxylation is 1. The Bertz CT molecular complexity index is 1240. The summed E-state index contributed by atoms with van der Waals surface area (Å²) in [5, 5.41) is 9.02. The minimum atomic E-state index is -0.0257. The molecule has 1 saturated heterocycles. The summed E-state index contributed by atoms with van der Waals surface area (Å²) in [4.78, 5) is 23.4. The number of halogens is 1. The van der Waals surface area contributed by atoms with Crippen molar-refractivity contribution in [3.63, 3.8) is 0 Å². The van der Waals surface area contributed by atoms with E-state index >= 15 is 0 Å². The fraction of sp³-hybridized carbons (Fsp3) is 0.273. The Morgan fingerprint density at radius 1 is 1.03 bits per heavy atom. The second-order valence-corrected chi connectivity index (χ2v) is 8.02. The van der Waals surface area contributed by atoms with Crippen LogP contribution in [0.25, 0.3) is 16.8 Å². The molecule has 0 atom stereocenters. The van der Waals surface area contributed by atoms with Crippen molar-refractivity contribution in [3.05, 3.63) is 64.9 Å². The lowest BCUT2D eigenvalue weighted by Crippen LogP contribution is -2.36. The van der Waals surface area contributed by atoms with Crippen LogP contribution in [-0.2, 0) is 0 Å². The van der Waals surface area contributed by atoms with E-state index < -0.39 is 0 Å². The van der Waals surface area contributed by atoms with Crippen LogP contribution in [0.3, 0.4) is 0 Å². The third kappa shape index (κ3) is 3.86. The van der Waals surface area contributed by atoms with Crippen molar-refractivity contribution in [1.82, 2.24) is 24.9 Å². The Labute approximate surface area is 184 Å². The average molecular weight is 437 g/mol. The number of fused-ring (bicyclic) bond motifs is 1. The highest BCUT2D eigenvalue weighted by atomic mass is 35.5. The highest BCUT2D eigenvalue weighted by Gasteiger charge is 2.25. The van der Waals surface area contributed by atoms with E-state index in [-0.39, 0.29) is 5.91 Å². The Morgan fingerprint density at radius 3 is 2.71 bits per heavy atom. The van der Waals surface area contributed by atoms with Crippen LogP contribution in [0, 0.1) is 6.92 Å². The van der Waals surface area contributed by atoms with Crippen LogP contribution in [0.4, 0.5) is 6.01 Å². The SMILES string of the molecule is Cc1ccc(-n2nccn2)c(C(=O)N2CCCN(c3nc4cc(Cl)ccc4o3)CC2)c1. The van der Waals surface area contributed by atoms with Crippen molar-refractivity contribution in [2.24, 2.45) is 0 Å². The van der Waals surface area contributed by atoms with Crippen LogP contribution in [0.5, 0.6) is 0 Å². The molecule has 0 spiro atoms. The highest BCUT2D eigenvalue weighted by Crippen LogP contribution is 2.26. The summed E-state index contributed by atoms with van der Waals surface area (Å²) in [5.74, 6) is -0.0257. The van der Waals surface area contributed by atoms with Crippen LogP contribution >= 0.6 is 11.6 Å². The number of nitrogens with zero attached hydrogens (tertiary/aromatic N) is 6. The quantitative estimate of drug-likeness (QED) is 0.487. The molecule has 1 aliphatic heterocycles. The summed E-state index contributed by atoms with van der Waals surface area (Å²) in [7, 11) is 0. The van der Waals surface area contributed by atoms with Crippen LogP contribution in [-0.4, -0.2) is 57.0 Å². The van der Waals surface area contributed by atoms with Crippen molar-refractivity contribution in [3.8, 4) is 5.69 Å². The largest absolute Gasteiger partial charge is 0.423 e. The molecule has 9 heteroatoms. The van der Waals surface area contributed by atoms with Crippen molar-refractivity contribution >= 4 is 34.6 Å². The van der Waals surface area contributed by atoms with E-state index in [1.54, 1.807) is 24.5 Å². The van der Waals surface area contributed by atoms with Crippen LogP contribution in [0.15, 0.2) is 53.2 Å². The number of oxazole rings is 1. The van der Waals surface area contributed by atoms with Crippen molar-refractivity contribution in [1.29, 1.82) is 0 Å². The molecule has 2 aromatic heterocycles. The normalized spacial score (nSPS) is 14.8. The molecule has 0 aliphatic carbocycles. The van der Waals surface area contributed by atoms with Gasteiger partial charge in [0.2, 0.25) is 0 Å². The lowest BCUT2D eigenvalue weighted by atomic mass is 10.1. The highest BCUT2D eigenvalue weighted by molar-refractivity contribution is 6.31. The number of carbonyl (C=O) groups excluding carboxylic acids is 1. The van der Waals surface area contributed by atoms with E-state index in [1.165, 1.54) is 4.80 Å². The maximum atomic E-state index is 13.4. The van der Waals surface area contributed by atoms with E-state index in [1.807, 2.05) is 36.1 Å². The number of carbonyl (C=O) groups is 1. The summed E-state index contributed by atoms with van der Waals surface area (Å²) in [5.41, 5.74) is 3.73. The third-order valence-electron chi connectivity index (χ3n) is 5.41. The molecule has 8 nitrogen and oxygen atoms in total. The minimum absolute atomic E-state index is 0.0257. The fourth-order valence-corrected chi connectivity index (χ4v) is 4.01. The Balaban J connectivity index is 1.37. The molecule has 158 valence electrons. The first-order chi connectivity index (χ1) is 15.1. The van der Waals surface area contributed by atoms with Crippen molar-refractivity contribution in [2.75, 3.05) is 31.1 Å². The van der Waals surface area contributed by atoms with E-state index in [2.05, 4.69) is 20.1 Å². The van der Waals surface area contributed by atoms with Gasteiger partial charge in [0.15, 0.2) is 5.58 Å². The molecule has 1 aliphatic rings. The molecule has 0 saturated carbocycles. The van der Waals surface area contributed by atoms with E-state index in [0.717, 1.165) is 24.0 Å². The molecule has 0 bridgehead atoms. The van der Waals surface area contributed by atoms with Gasteiger partial charge in [-0.15, -0.1) is 0 Å². The topological polar surface area (TPSA) is 80.3 Å². The van der Waals surface area contributed by atoms with Gasteiger partial charge in [0.05, 0.1) is 23.6 Å². The first-order valence-electron chi connectivity index (χ1n) is 10.2. The van der Waals surface area contributed by atoms with Crippen LogP contribution < -0.4 is 4.90 Å². The number of benzene rings is 2. The molecule has 31 heavy (non-hydrogen) atoms. The first kappa shape index (κ1) is 19.6. The van der Waals surface area contributed by atoms with Gasteiger partial charge < -0.3 is 14.2 Å². The molecule has 3 heterocycles. The van der Waals surface area contributed by atoms with Gasteiger partial charge in [0.25, 0.3) is 11.9 Å². The van der Waals surface area contributed by atoms with Gasteiger partial charge in [-0.3, -0.25) is 4.79 Å². The Morgan fingerprint density at radius 2 is 1.87 bits per heavy atom. The molecule has 1 fully saturated rings. The molecule has 4 aromatic rings. The number of hydrogen-bond donors (Lipinski definition) is 0. The van der Waals surface area contributed by atoms with Gasteiger partial charge >= 0.3 is 0 Å². The zero-order valence-electron chi connectivity index (χ0n) is 17.0. The maximum absolute atomic E-state index is 13.4. The monoisotopic (exact) mass is 436 g/mol. The zero-order valence-corrected chi connectivity index (χ0v) is 17.8. The number of hydrogen-bond acceptors (Lipinski definition) is 6. The summed E-state index contributed by atoms with van der Waals surface area (Å²) < 4.78 is 5.92. The molecular formula is C22H21ClN6O2. The van der Waals surface area contributed by atoms with Gasteiger partial charge in [0.1, 0.15) is 5.52 Å². The molecule has 0 N–H and O–H groups in total. The molecule has 5 rings (SSSR count). The van der Waals surface area contributed by atoms with E-state index in [9.17, 15) is 4.79 Å². The molecule has 2 aromatic carbocycles. The predicted molar refractivity (Wildman–Crippen MR) is 118 cm³/mol. The first-order valence-corrected chi connectivity index (χ1v) is 10.5. The Kier molecular flexibility index (Phi) is 5.07. The number of amides is 1. The minimum Gasteiger partial charge on any atom is -0.423 e. The summed E-state index contributed by atoms with van der Waals surface area (Å²) in [6, 6.07) is 11.7. The molecule has 0 unspecified atom stereocenters. The van der Waals surface area contributed by atoms with Crippen molar-refractivity contribution in [2.45, 2.75) is 13.3 Å². The smallest absolute Gasteiger partial charge is 0.298 e. The van der Waals surface area contributed by atoms with Gasteiger partial charge in [-0.05, 0) is 43.7 Å². The van der Waals surface area contributed by atoms with Crippen LogP contribution in [0.1, 0.15) is 22.3 Å². The van der Waals surface area contributed by atoms with Gasteiger partial charge in [0, 0.05) is 31.2 Å². The second-order valence-electron chi connectivity index (χ2n) is 7.58. The second kappa shape index (κ2) is 8.03. The van der Waals surface area contributed by atoms with Crippen LogP contribution in [0.2, 0.25) is 5.02 Å². The predicted octanol–water partition coefficient (Wildman–Crippen LogP) is 3.72. The lowest BCUT2D eigenvalue weighted by Gasteiger charge is -2.22. The van der Waals surface area contributed by atoms with E-state index in [0.29, 0.717) is 47.5 Å². The summed E-state index contributed by atoms with van der Waals surface area (Å²) >= 11 is 6.06. The standard InChI is InChI=1S/C22H21ClN6O2/c1-15-3-5-19(29-24-7-8-25-29)17(13-15)21(30)27-9-2-10-28(12-11-27)22-26-18-14-16(23)4-6-20(18)31-22/h3-8,13-14H,2,9-12H2,1H3. The van der Waals surface area contributed by atoms with Gasteiger partial charge in [-0.1, -0.05) is 23.2 Å². The fourth-order valence-electron chi connectivity index (χ4n) is 3.84. The maximum Gasteiger partial charge on any atom is 0.298 e. The Hall–Kier alpha value is -3.39. The third-order valence-corrected chi connectivity index (χ3v) is 5.64.